The standard InChI is InChI=1S/C19H20F2N2O4S/c1-3-26-15-8-6-13(10-16(15)27-4-2)22-19(25)23-18(24)11-28-17-9-12(20)5-7-14(17)21/h5-10H,3-4,11H2,1-2H3,(H2,22,23,24,25). The lowest BCUT2D eigenvalue weighted by molar-refractivity contribution is -0.117. The summed E-state index contributed by atoms with van der Waals surface area (Å²) < 4.78 is 37.6. The predicted octanol–water partition coefficient (Wildman–Crippen LogP) is 4.20. The van der Waals surface area contributed by atoms with Crippen molar-refractivity contribution in [3.8, 4) is 11.5 Å². The summed E-state index contributed by atoms with van der Waals surface area (Å²) in [6.07, 6.45) is 0. The number of carbonyl (C=O) groups is 2. The fourth-order valence-electron chi connectivity index (χ4n) is 2.19. The maximum atomic E-state index is 13.5. The van der Waals surface area contributed by atoms with Crippen molar-refractivity contribution < 1.29 is 27.8 Å². The highest BCUT2D eigenvalue weighted by Gasteiger charge is 2.13. The Morgan fingerprint density at radius 2 is 1.71 bits per heavy atom. The van der Waals surface area contributed by atoms with Gasteiger partial charge < -0.3 is 14.8 Å². The molecule has 0 fully saturated rings. The first-order valence-electron chi connectivity index (χ1n) is 8.51. The van der Waals surface area contributed by atoms with Crippen LogP contribution in [0.2, 0.25) is 0 Å². The molecule has 28 heavy (non-hydrogen) atoms. The van der Waals surface area contributed by atoms with Gasteiger partial charge in [0.05, 0.1) is 19.0 Å². The number of rotatable bonds is 8. The minimum atomic E-state index is -0.753. The number of halogens is 2. The summed E-state index contributed by atoms with van der Waals surface area (Å²) in [7, 11) is 0. The number of hydrogen-bond donors (Lipinski definition) is 2. The Hall–Kier alpha value is -2.81. The van der Waals surface area contributed by atoms with Crippen LogP contribution in [0.15, 0.2) is 41.3 Å². The fraction of sp³-hybridized carbons (Fsp3) is 0.263. The van der Waals surface area contributed by atoms with Crippen molar-refractivity contribution >= 4 is 29.4 Å². The van der Waals surface area contributed by atoms with E-state index in [-0.39, 0.29) is 10.6 Å². The monoisotopic (exact) mass is 410 g/mol. The van der Waals surface area contributed by atoms with E-state index in [1.165, 1.54) is 0 Å². The number of nitrogens with one attached hydrogen (secondary N) is 2. The summed E-state index contributed by atoms with van der Waals surface area (Å²) in [6.45, 7) is 4.54. The number of anilines is 1. The van der Waals surface area contributed by atoms with Gasteiger partial charge in [-0.25, -0.2) is 13.6 Å². The molecule has 0 saturated carbocycles. The molecule has 3 amide bonds. The lowest BCUT2D eigenvalue weighted by Gasteiger charge is -2.13. The Bertz CT molecular complexity index is 849. The summed E-state index contributed by atoms with van der Waals surface area (Å²) in [5, 5.41) is 4.64. The van der Waals surface area contributed by atoms with Gasteiger partial charge in [0.25, 0.3) is 0 Å². The van der Waals surface area contributed by atoms with Gasteiger partial charge in [-0.3, -0.25) is 10.1 Å². The first-order valence-corrected chi connectivity index (χ1v) is 9.49. The van der Waals surface area contributed by atoms with Gasteiger partial charge in [-0.1, -0.05) is 0 Å². The van der Waals surface area contributed by atoms with E-state index >= 15 is 0 Å². The molecule has 2 aromatic rings. The summed E-state index contributed by atoms with van der Waals surface area (Å²) in [5.74, 6) is -1.14. The lowest BCUT2D eigenvalue weighted by atomic mass is 10.2. The summed E-state index contributed by atoms with van der Waals surface area (Å²) in [6, 6.07) is 7.03. The molecule has 0 aliphatic heterocycles. The molecule has 2 rings (SSSR count). The molecule has 0 atom stereocenters. The third kappa shape index (κ3) is 6.41. The quantitative estimate of drug-likeness (QED) is 0.638. The zero-order chi connectivity index (χ0) is 20.5. The Morgan fingerprint density at radius 1 is 1.00 bits per heavy atom. The van der Waals surface area contributed by atoms with E-state index in [2.05, 4.69) is 10.6 Å². The van der Waals surface area contributed by atoms with E-state index in [1.54, 1.807) is 18.2 Å². The summed E-state index contributed by atoms with van der Waals surface area (Å²) >= 11 is 0.790. The van der Waals surface area contributed by atoms with Crippen LogP contribution in [-0.4, -0.2) is 30.9 Å². The summed E-state index contributed by atoms with van der Waals surface area (Å²) in [4.78, 5) is 23.8. The van der Waals surface area contributed by atoms with Crippen LogP contribution in [0.4, 0.5) is 19.3 Å². The van der Waals surface area contributed by atoms with Crippen molar-refractivity contribution in [1.29, 1.82) is 0 Å². The molecular formula is C19H20F2N2O4S. The molecule has 0 unspecified atom stereocenters. The highest BCUT2D eigenvalue weighted by molar-refractivity contribution is 8.00. The smallest absolute Gasteiger partial charge is 0.325 e. The van der Waals surface area contributed by atoms with Crippen LogP contribution in [0.1, 0.15) is 13.8 Å². The van der Waals surface area contributed by atoms with Crippen molar-refractivity contribution in [2.45, 2.75) is 18.7 Å². The molecule has 0 heterocycles. The zero-order valence-corrected chi connectivity index (χ0v) is 16.2. The van der Waals surface area contributed by atoms with Gasteiger partial charge in [0.2, 0.25) is 5.91 Å². The van der Waals surface area contributed by atoms with Crippen molar-refractivity contribution in [3.63, 3.8) is 0 Å². The third-order valence-electron chi connectivity index (χ3n) is 3.31. The number of benzene rings is 2. The Labute approximate surface area is 165 Å². The second-order valence-electron chi connectivity index (χ2n) is 5.39. The normalized spacial score (nSPS) is 10.3. The van der Waals surface area contributed by atoms with Crippen LogP contribution in [0, 0.1) is 11.6 Å². The van der Waals surface area contributed by atoms with Crippen molar-refractivity contribution in [3.05, 3.63) is 48.0 Å². The topological polar surface area (TPSA) is 76.7 Å². The van der Waals surface area contributed by atoms with E-state index in [1.807, 2.05) is 13.8 Å². The first-order chi connectivity index (χ1) is 13.4. The van der Waals surface area contributed by atoms with E-state index < -0.39 is 23.6 Å². The van der Waals surface area contributed by atoms with E-state index in [0.29, 0.717) is 30.4 Å². The largest absolute Gasteiger partial charge is 0.490 e. The molecule has 9 heteroatoms. The molecule has 2 aromatic carbocycles. The molecular weight excluding hydrogens is 390 g/mol. The predicted molar refractivity (Wildman–Crippen MR) is 103 cm³/mol. The number of urea groups is 1. The Balaban J connectivity index is 1.91. The average molecular weight is 410 g/mol. The van der Waals surface area contributed by atoms with E-state index in [4.69, 9.17) is 9.47 Å². The van der Waals surface area contributed by atoms with Gasteiger partial charge in [0.1, 0.15) is 11.6 Å². The Kier molecular flexibility index (Phi) is 8.06. The number of carbonyl (C=O) groups excluding carboxylic acids is 2. The molecule has 0 bridgehead atoms. The first kappa shape index (κ1) is 21.5. The average Bonchev–Trinajstić information content (AvgIpc) is 2.65. The van der Waals surface area contributed by atoms with Crippen LogP contribution in [-0.2, 0) is 4.79 Å². The van der Waals surface area contributed by atoms with Gasteiger partial charge >= 0.3 is 6.03 Å². The molecule has 150 valence electrons. The van der Waals surface area contributed by atoms with Crippen molar-refractivity contribution in [1.82, 2.24) is 5.32 Å². The number of thioether (sulfide) groups is 1. The summed E-state index contributed by atoms with van der Waals surface area (Å²) in [5.41, 5.74) is 0.404. The molecule has 0 radical (unpaired) electrons. The van der Waals surface area contributed by atoms with Crippen LogP contribution in [0.25, 0.3) is 0 Å². The number of amides is 3. The maximum absolute atomic E-state index is 13.5. The van der Waals surface area contributed by atoms with Gasteiger partial charge in [-0.05, 0) is 44.2 Å². The Morgan fingerprint density at radius 3 is 2.43 bits per heavy atom. The number of imide groups is 1. The molecule has 0 aliphatic carbocycles. The molecule has 6 nitrogen and oxygen atoms in total. The van der Waals surface area contributed by atoms with E-state index in [9.17, 15) is 18.4 Å². The van der Waals surface area contributed by atoms with E-state index in [0.717, 1.165) is 30.0 Å². The van der Waals surface area contributed by atoms with Gasteiger partial charge in [-0.2, -0.15) is 0 Å². The van der Waals surface area contributed by atoms with Gasteiger partial charge in [0.15, 0.2) is 11.5 Å². The molecule has 0 spiro atoms. The van der Waals surface area contributed by atoms with Crippen LogP contribution < -0.4 is 20.1 Å². The van der Waals surface area contributed by atoms with Crippen LogP contribution >= 0.6 is 11.8 Å². The van der Waals surface area contributed by atoms with Gasteiger partial charge in [0, 0.05) is 16.6 Å². The molecule has 0 saturated heterocycles. The third-order valence-corrected chi connectivity index (χ3v) is 4.34. The van der Waals surface area contributed by atoms with Crippen LogP contribution in [0.5, 0.6) is 11.5 Å². The zero-order valence-electron chi connectivity index (χ0n) is 15.4. The van der Waals surface area contributed by atoms with Crippen molar-refractivity contribution in [2.75, 3.05) is 24.3 Å². The second kappa shape index (κ2) is 10.5. The van der Waals surface area contributed by atoms with Crippen molar-refractivity contribution in [2.24, 2.45) is 0 Å². The van der Waals surface area contributed by atoms with Gasteiger partial charge in [-0.15, -0.1) is 11.8 Å². The SMILES string of the molecule is CCOc1ccc(NC(=O)NC(=O)CSc2cc(F)ccc2F)cc1OCC. The minimum Gasteiger partial charge on any atom is -0.490 e. The number of hydrogen-bond acceptors (Lipinski definition) is 5. The molecule has 0 aromatic heterocycles. The maximum Gasteiger partial charge on any atom is 0.325 e. The minimum absolute atomic E-state index is 0.0107. The van der Waals surface area contributed by atoms with Crippen LogP contribution in [0.3, 0.4) is 0 Å². The molecule has 2 N–H and O–H groups in total. The second-order valence-corrected chi connectivity index (χ2v) is 6.41. The number of ether oxygens (including phenoxy) is 2. The highest BCUT2D eigenvalue weighted by atomic mass is 32.2. The molecule has 0 aliphatic rings. The highest BCUT2D eigenvalue weighted by Crippen LogP contribution is 2.30. The fourth-order valence-corrected chi connectivity index (χ4v) is 2.95. The lowest BCUT2D eigenvalue weighted by Crippen LogP contribution is -2.35.